The van der Waals surface area contributed by atoms with E-state index in [2.05, 4.69) is 5.32 Å². The molecule has 1 aliphatic carbocycles. The minimum atomic E-state index is -0.262. The van der Waals surface area contributed by atoms with Crippen molar-refractivity contribution in [3.05, 3.63) is 65.4 Å². The zero-order chi connectivity index (χ0) is 21.8. The first kappa shape index (κ1) is 21.5. The molecule has 0 atom stereocenters. The summed E-state index contributed by atoms with van der Waals surface area (Å²) in [6, 6.07) is 14.8. The molecule has 31 heavy (non-hydrogen) atoms. The summed E-state index contributed by atoms with van der Waals surface area (Å²) in [6.07, 6.45) is 6.42. The number of anilines is 1. The number of hydrogen-bond acceptors (Lipinski definition) is 4. The Morgan fingerprint density at radius 1 is 1.03 bits per heavy atom. The predicted octanol–water partition coefficient (Wildman–Crippen LogP) is 5.95. The van der Waals surface area contributed by atoms with E-state index in [0.717, 1.165) is 22.3 Å². The third kappa shape index (κ3) is 4.96. The average Bonchev–Trinajstić information content (AvgIpc) is 3.17. The van der Waals surface area contributed by atoms with Crippen molar-refractivity contribution in [3.63, 3.8) is 0 Å². The summed E-state index contributed by atoms with van der Waals surface area (Å²) in [5, 5.41) is 4.58. The van der Waals surface area contributed by atoms with E-state index in [9.17, 15) is 9.59 Å². The van der Waals surface area contributed by atoms with Crippen LogP contribution in [0.3, 0.4) is 0 Å². The highest BCUT2D eigenvalue weighted by Gasteiger charge is 2.23. The molecule has 162 valence electrons. The maximum Gasteiger partial charge on any atom is 0.291 e. The van der Waals surface area contributed by atoms with E-state index in [1.165, 1.54) is 37.0 Å². The Balaban J connectivity index is 1.53. The van der Waals surface area contributed by atoms with Gasteiger partial charge in [-0.2, -0.15) is 11.8 Å². The Bertz CT molecular complexity index is 1070. The van der Waals surface area contributed by atoms with Gasteiger partial charge in [-0.15, -0.1) is 0 Å². The van der Waals surface area contributed by atoms with Gasteiger partial charge in [-0.1, -0.05) is 37.5 Å². The van der Waals surface area contributed by atoms with E-state index in [0.29, 0.717) is 22.3 Å². The number of nitrogens with zero attached hydrogens (tertiary/aromatic N) is 1. The fourth-order valence-corrected chi connectivity index (χ4v) is 5.36. The third-order valence-electron chi connectivity index (χ3n) is 5.72. The van der Waals surface area contributed by atoms with Gasteiger partial charge in [-0.3, -0.25) is 9.59 Å². The SMILES string of the molecule is CN(C)C(=O)c1ccc(NC(=O)c2oc3ccccc3c2CSC2CCCCC2)cc1. The molecule has 0 saturated heterocycles. The number of furan rings is 1. The molecule has 4 rings (SSSR count). The van der Waals surface area contributed by atoms with Gasteiger partial charge in [0, 0.05) is 47.3 Å². The average molecular weight is 437 g/mol. The second kappa shape index (κ2) is 9.60. The van der Waals surface area contributed by atoms with Crippen LogP contribution in [-0.2, 0) is 5.75 Å². The molecule has 0 aliphatic heterocycles. The van der Waals surface area contributed by atoms with Gasteiger partial charge >= 0.3 is 0 Å². The van der Waals surface area contributed by atoms with Crippen LogP contribution in [0.1, 0.15) is 58.6 Å². The van der Waals surface area contributed by atoms with Gasteiger partial charge in [0.1, 0.15) is 5.58 Å². The van der Waals surface area contributed by atoms with Gasteiger partial charge in [-0.05, 0) is 43.2 Å². The summed E-state index contributed by atoms with van der Waals surface area (Å²) in [5.74, 6) is 0.804. The Morgan fingerprint density at radius 3 is 2.45 bits per heavy atom. The fraction of sp³-hybridized carbons (Fsp3) is 0.360. The van der Waals surface area contributed by atoms with Gasteiger partial charge < -0.3 is 14.6 Å². The quantitative estimate of drug-likeness (QED) is 0.518. The molecule has 0 spiro atoms. The van der Waals surface area contributed by atoms with Gasteiger partial charge in [0.25, 0.3) is 11.8 Å². The van der Waals surface area contributed by atoms with Crippen molar-refractivity contribution in [3.8, 4) is 0 Å². The highest BCUT2D eigenvalue weighted by Crippen LogP contribution is 2.35. The molecule has 0 bridgehead atoms. The Hall–Kier alpha value is -2.73. The summed E-state index contributed by atoms with van der Waals surface area (Å²) in [6.45, 7) is 0. The lowest BCUT2D eigenvalue weighted by Crippen LogP contribution is -2.21. The Morgan fingerprint density at radius 2 is 1.74 bits per heavy atom. The summed E-state index contributed by atoms with van der Waals surface area (Å²) < 4.78 is 5.98. The number of nitrogens with one attached hydrogen (secondary N) is 1. The molecule has 1 aliphatic rings. The molecule has 6 heteroatoms. The van der Waals surface area contributed by atoms with E-state index in [4.69, 9.17) is 4.42 Å². The van der Waals surface area contributed by atoms with Crippen molar-refractivity contribution < 1.29 is 14.0 Å². The van der Waals surface area contributed by atoms with Crippen LogP contribution in [0.25, 0.3) is 11.0 Å². The zero-order valence-electron chi connectivity index (χ0n) is 18.0. The number of para-hydroxylation sites is 1. The number of thioether (sulfide) groups is 1. The van der Waals surface area contributed by atoms with E-state index in [1.54, 1.807) is 38.4 Å². The molecule has 0 unspecified atom stereocenters. The molecule has 2 aromatic carbocycles. The molecular formula is C25H28N2O3S. The first-order valence-electron chi connectivity index (χ1n) is 10.8. The molecule has 1 saturated carbocycles. The summed E-state index contributed by atoms with van der Waals surface area (Å²) in [5.41, 5.74) is 2.91. The largest absolute Gasteiger partial charge is 0.451 e. The van der Waals surface area contributed by atoms with Crippen LogP contribution in [-0.4, -0.2) is 36.1 Å². The molecule has 5 nitrogen and oxygen atoms in total. The normalized spacial score (nSPS) is 14.5. The fourth-order valence-electron chi connectivity index (χ4n) is 4.00. The minimum absolute atomic E-state index is 0.0721. The van der Waals surface area contributed by atoms with Crippen molar-refractivity contribution in [2.45, 2.75) is 43.1 Å². The van der Waals surface area contributed by atoms with Crippen LogP contribution in [0.2, 0.25) is 0 Å². The highest BCUT2D eigenvalue weighted by molar-refractivity contribution is 7.99. The van der Waals surface area contributed by atoms with Gasteiger partial charge in [-0.25, -0.2) is 0 Å². The van der Waals surface area contributed by atoms with Gasteiger partial charge in [0.2, 0.25) is 0 Å². The summed E-state index contributed by atoms with van der Waals surface area (Å²) in [7, 11) is 3.43. The van der Waals surface area contributed by atoms with Crippen molar-refractivity contribution in [1.29, 1.82) is 0 Å². The van der Waals surface area contributed by atoms with E-state index in [1.807, 2.05) is 36.0 Å². The van der Waals surface area contributed by atoms with Crippen LogP contribution in [0.4, 0.5) is 5.69 Å². The Kier molecular flexibility index (Phi) is 6.66. The lowest BCUT2D eigenvalue weighted by molar-refractivity contribution is 0.0827. The zero-order valence-corrected chi connectivity index (χ0v) is 18.8. The predicted molar refractivity (Wildman–Crippen MR) is 127 cm³/mol. The summed E-state index contributed by atoms with van der Waals surface area (Å²) in [4.78, 5) is 26.7. The second-order valence-electron chi connectivity index (χ2n) is 8.21. The first-order chi connectivity index (χ1) is 15.0. The maximum atomic E-state index is 13.1. The molecule has 1 N–H and O–H groups in total. The number of carbonyl (C=O) groups excluding carboxylic acids is 2. The van der Waals surface area contributed by atoms with Crippen LogP contribution < -0.4 is 5.32 Å². The lowest BCUT2D eigenvalue weighted by Gasteiger charge is -2.20. The Labute approximate surface area is 187 Å². The van der Waals surface area contributed by atoms with Gasteiger partial charge in [0.05, 0.1) is 0 Å². The molecule has 1 fully saturated rings. The molecule has 1 heterocycles. The minimum Gasteiger partial charge on any atom is -0.451 e. The molecule has 0 radical (unpaired) electrons. The second-order valence-corrected chi connectivity index (χ2v) is 9.50. The number of carbonyl (C=O) groups is 2. The molecule has 3 aromatic rings. The standard InChI is InChI=1S/C25H28N2O3S/c1-27(2)25(29)17-12-14-18(15-13-17)26-24(28)23-21(16-31-19-8-4-3-5-9-19)20-10-6-7-11-22(20)30-23/h6-7,10-15,19H,3-5,8-9,16H2,1-2H3,(H,26,28). The van der Waals surface area contributed by atoms with Crippen LogP contribution in [0.15, 0.2) is 52.9 Å². The van der Waals surface area contributed by atoms with E-state index in [-0.39, 0.29) is 11.8 Å². The van der Waals surface area contributed by atoms with Crippen molar-refractivity contribution in [2.75, 3.05) is 19.4 Å². The van der Waals surface area contributed by atoms with E-state index < -0.39 is 0 Å². The number of rotatable bonds is 6. The van der Waals surface area contributed by atoms with Crippen LogP contribution in [0.5, 0.6) is 0 Å². The van der Waals surface area contributed by atoms with Crippen LogP contribution in [0, 0.1) is 0 Å². The molecule has 2 amide bonds. The first-order valence-corrected chi connectivity index (χ1v) is 11.8. The maximum absolute atomic E-state index is 13.1. The third-order valence-corrected chi connectivity index (χ3v) is 7.11. The van der Waals surface area contributed by atoms with Crippen molar-refractivity contribution in [2.24, 2.45) is 0 Å². The topological polar surface area (TPSA) is 62.6 Å². The monoisotopic (exact) mass is 436 g/mol. The lowest BCUT2D eigenvalue weighted by atomic mass is 10.0. The number of amides is 2. The van der Waals surface area contributed by atoms with Gasteiger partial charge in [0.15, 0.2) is 5.76 Å². The molecular weight excluding hydrogens is 408 g/mol. The highest BCUT2D eigenvalue weighted by atomic mass is 32.2. The number of benzene rings is 2. The number of fused-ring (bicyclic) bond motifs is 1. The smallest absolute Gasteiger partial charge is 0.291 e. The van der Waals surface area contributed by atoms with E-state index >= 15 is 0 Å². The van der Waals surface area contributed by atoms with Crippen molar-refractivity contribution in [1.82, 2.24) is 4.90 Å². The van der Waals surface area contributed by atoms with Crippen molar-refractivity contribution >= 4 is 40.2 Å². The number of hydrogen-bond donors (Lipinski definition) is 1. The summed E-state index contributed by atoms with van der Waals surface area (Å²) >= 11 is 1.93. The van der Waals surface area contributed by atoms with Crippen LogP contribution >= 0.6 is 11.8 Å². The molecule has 1 aromatic heterocycles.